The van der Waals surface area contributed by atoms with Gasteiger partial charge in [0.15, 0.2) is 0 Å². The predicted octanol–water partition coefficient (Wildman–Crippen LogP) is 1.16. The van der Waals surface area contributed by atoms with Crippen molar-refractivity contribution in [3.63, 3.8) is 0 Å². The summed E-state index contributed by atoms with van der Waals surface area (Å²) in [5.41, 5.74) is 0. The molecule has 84 valence electrons. The molecule has 14 heavy (non-hydrogen) atoms. The van der Waals surface area contributed by atoms with Crippen LogP contribution in [0.1, 0.15) is 33.1 Å². The van der Waals surface area contributed by atoms with Gasteiger partial charge in [-0.15, -0.1) is 0 Å². The van der Waals surface area contributed by atoms with Gasteiger partial charge in [0.25, 0.3) is 0 Å². The zero-order valence-electron chi connectivity index (χ0n) is 9.33. The summed E-state index contributed by atoms with van der Waals surface area (Å²) in [7, 11) is 0. The van der Waals surface area contributed by atoms with E-state index in [0.717, 1.165) is 39.0 Å². The topological polar surface area (TPSA) is 41.5 Å². The van der Waals surface area contributed by atoms with Gasteiger partial charge in [-0.1, -0.05) is 13.8 Å². The third-order valence-corrected chi connectivity index (χ3v) is 2.86. The molecule has 0 aliphatic carbocycles. The molecule has 0 spiro atoms. The highest BCUT2D eigenvalue weighted by Gasteiger charge is 2.14. The third kappa shape index (κ3) is 4.40. The number of ether oxygens (including phenoxy) is 1. The van der Waals surface area contributed by atoms with Crippen molar-refractivity contribution in [2.75, 3.05) is 19.8 Å². The molecular weight excluding hydrogens is 178 g/mol. The first-order valence-electron chi connectivity index (χ1n) is 5.69. The van der Waals surface area contributed by atoms with E-state index in [0.29, 0.717) is 12.0 Å². The molecule has 0 amide bonds. The normalized spacial score (nSPS) is 21.4. The van der Waals surface area contributed by atoms with Crippen LogP contribution in [-0.4, -0.2) is 37.0 Å². The van der Waals surface area contributed by atoms with Gasteiger partial charge >= 0.3 is 0 Å². The largest absolute Gasteiger partial charge is 0.393 e. The molecule has 1 atom stereocenters. The molecule has 1 aliphatic rings. The maximum Gasteiger partial charge on any atom is 0.0575 e. The fourth-order valence-corrected chi connectivity index (χ4v) is 1.67. The second kappa shape index (κ2) is 6.38. The molecule has 0 aromatic rings. The highest BCUT2D eigenvalue weighted by molar-refractivity contribution is 4.71. The summed E-state index contributed by atoms with van der Waals surface area (Å²) >= 11 is 0. The Bertz CT molecular complexity index is 144. The van der Waals surface area contributed by atoms with E-state index in [1.807, 2.05) is 0 Å². The average molecular weight is 201 g/mol. The molecule has 1 fully saturated rings. The molecule has 1 unspecified atom stereocenters. The van der Waals surface area contributed by atoms with Crippen LogP contribution in [0.5, 0.6) is 0 Å². The summed E-state index contributed by atoms with van der Waals surface area (Å²) < 4.78 is 5.28. The maximum absolute atomic E-state index is 9.59. The highest BCUT2D eigenvalue weighted by Crippen LogP contribution is 2.08. The summed E-state index contributed by atoms with van der Waals surface area (Å²) in [6, 6.07) is 0.600. The highest BCUT2D eigenvalue weighted by atomic mass is 16.5. The fourth-order valence-electron chi connectivity index (χ4n) is 1.67. The number of hydrogen-bond acceptors (Lipinski definition) is 3. The van der Waals surface area contributed by atoms with E-state index >= 15 is 0 Å². The molecule has 0 bridgehead atoms. The molecule has 0 radical (unpaired) electrons. The van der Waals surface area contributed by atoms with E-state index in [1.165, 1.54) is 0 Å². The fraction of sp³-hybridized carbons (Fsp3) is 1.00. The van der Waals surface area contributed by atoms with Crippen LogP contribution in [0, 0.1) is 5.92 Å². The van der Waals surface area contributed by atoms with Crippen LogP contribution in [0.3, 0.4) is 0 Å². The van der Waals surface area contributed by atoms with E-state index in [1.54, 1.807) is 0 Å². The van der Waals surface area contributed by atoms with Gasteiger partial charge in [0.05, 0.1) is 6.10 Å². The molecule has 1 saturated heterocycles. The van der Waals surface area contributed by atoms with Gasteiger partial charge in [0.1, 0.15) is 0 Å². The molecule has 1 rings (SSSR count). The number of rotatable bonds is 5. The predicted molar refractivity (Wildman–Crippen MR) is 57.3 cm³/mol. The molecule has 3 nitrogen and oxygen atoms in total. The standard InChI is InChI=1S/C11H23NO2/c1-9(2)11(13)3-6-12-10-4-7-14-8-5-10/h9-13H,3-8H2,1-2H3. The van der Waals surface area contributed by atoms with Crippen molar-refractivity contribution >= 4 is 0 Å². The first-order chi connectivity index (χ1) is 6.70. The van der Waals surface area contributed by atoms with Gasteiger partial charge in [-0.2, -0.15) is 0 Å². The Morgan fingerprint density at radius 2 is 2.00 bits per heavy atom. The van der Waals surface area contributed by atoms with Crippen molar-refractivity contribution in [3.8, 4) is 0 Å². The lowest BCUT2D eigenvalue weighted by atomic mass is 10.0. The SMILES string of the molecule is CC(C)C(O)CCNC1CCOCC1. The Morgan fingerprint density at radius 3 is 2.57 bits per heavy atom. The number of aliphatic hydroxyl groups is 1. The second-order valence-electron chi connectivity index (χ2n) is 4.44. The van der Waals surface area contributed by atoms with Crippen molar-refractivity contribution < 1.29 is 9.84 Å². The zero-order chi connectivity index (χ0) is 10.4. The Kier molecular flexibility index (Phi) is 5.45. The number of nitrogens with one attached hydrogen (secondary N) is 1. The molecule has 3 heteroatoms. The minimum absolute atomic E-state index is 0.164. The third-order valence-electron chi connectivity index (χ3n) is 2.86. The molecule has 1 heterocycles. The van der Waals surface area contributed by atoms with Crippen LogP contribution in [0.15, 0.2) is 0 Å². The summed E-state index contributed by atoms with van der Waals surface area (Å²) in [4.78, 5) is 0. The first-order valence-corrected chi connectivity index (χ1v) is 5.69. The van der Waals surface area contributed by atoms with Gasteiger partial charge in [0, 0.05) is 19.3 Å². The van der Waals surface area contributed by atoms with Gasteiger partial charge < -0.3 is 15.2 Å². The van der Waals surface area contributed by atoms with Crippen LogP contribution >= 0.6 is 0 Å². The zero-order valence-corrected chi connectivity index (χ0v) is 9.33. The Hall–Kier alpha value is -0.120. The van der Waals surface area contributed by atoms with E-state index in [9.17, 15) is 5.11 Å². The molecule has 0 aromatic carbocycles. The lowest BCUT2D eigenvalue weighted by Gasteiger charge is -2.24. The van der Waals surface area contributed by atoms with Crippen LogP contribution in [0.2, 0.25) is 0 Å². The van der Waals surface area contributed by atoms with Crippen molar-refractivity contribution in [1.29, 1.82) is 0 Å². The summed E-state index contributed by atoms with van der Waals surface area (Å²) in [5, 5.41) is 13.1. The first kappa shape index (κ1) is 12.0. The van der Waals surface area contributed by atoms with Crippen molar-refractivity contribution in [3.05, 3.63) is 0 Å². The van der Waals surface area contributed by atoms with E-state index in [2.05, 4.69) is 19.2 Å². The minimum atomic E-state index is -0.164. The molecule has 2 N–H and O–H groups in total. The van der Waals surface area contributed by atoms with Crippen molar-refractivity contribution in [2.24, 2.45) is 5.92 Å². The minimum Gasteiger partial charge on any atom is -0.393 e. The van der Waals surface area contributed by atoms with Crippen molar-refractivity contribution in [1.82, 2.24) is 5.32 Å². The molecule has 1 aliphatic heterocycles. The summed E-state index contributed by atoms with van der Waals surface area (Å²) in [6.07, 6.45) is 2.91. The van der Waals surface area contributed by atoms with Gasteiger partial charge in [0.2, 0.25) is 0 Å². The lowest BCUT2D eigenvalue weighted by Crippen LogP contribution is -2.36. The summed E-state index contributed by atoms with van der Waals surface area (Å²) in [5.74, 6) is 0.367. The maximum atomic E-state index is 9.59. The molecular formula is C11H23NO2. The van der Waals surface area contributed by atoms with Gasteiger partial charge in [-0.05, 0) is 31.7 Å². The molecule has 0 saturated carbocycles. The van der Waals surface area contributed by atoms with Crippen LogP contribution in [0.4, 0.5) is 0 Å². The van der Waals surface area contributed by atoms with Crippen molar-refractivity contribution in [2.45, 2.75) is 45.3 Å². The monoisotopic (exact) mass is 201 g/mol. The van der Waals surface area contributed by atoms with Crippen LogP contribution < -0.4 is 5.32 Å². The smallest absolute Gasteiger partial charge is 0.0575 e. The number of aliphatic hydroxyl groups excluding tert-OH is 1. The van der Waals surface area contributed by atoms with Gasteiger partial charge in [-0.3, -0.25) is 0 Å². The van der Waals surface area contributed by atoms with Crippen LogP contribution in [-0.2, 0) is 4.74 Å². The summed E-state index contributed by atoms with van der Waals surface area (Å²) in [6.45, 7) is 6.79. The van der Waals surface area contributed by atoms with E-state index in [4.69, 9.17) is 4.74 Å². The number of hydrogen-bond donors (Lipinski definition) is 2. The Morgan fingerprint density at radius 1 is 1.36 bits per heavy atom. The van der Waals surface area contributed by atoms with E-state index < -0.39 is 0 Å². The lowest BCUT2D eigenvalue weighted by molar-refractivity contribution is 0.0741. The van der Waals surface area contributed by atoms with E-state index in [-0.39, 0.29) is 6.10 Å². The Balaban J connectivity index is 2.02. The van der Waals surface area contributed by atoms with Crippen LogP contribution in [0.25, 0.3) is 0 Å². The second-order valence-corrected chi connectivity index (χ2v) is 4.44. The average Bonchev–Trinajstić information content (AvgIpc) is 2.19. The Labute approximate surface area is 86.8 Å². The van der Waals surface area contributed by atoms with Gasteiger partial charge in [-0.25, -0.2) is 0 Å². The molecule has 0 aromatic heterocycles. The quantitative estimate of drug-likeness (QED) is 0.701.